The Hall–Kier alpha value is -0.880. The fourth-order valence-corrected chi connectivity index (χ4v) is 2.10. The molecule has 1 saturated heterocycles. The average molecular weight is 227 g/mol. The van der Waals surface area contributed by atoms with E-state index in [1.807, 2.05) is 4.57 Å². The van der Waals surface area contributed by atoms with Crippen LogP contribution in [0.1, 0.15) is 6.92 Å². The lowest BCUT2D eigenvalue weighted by Gasteiger charge is -2.32. The Balaban J connectivity index is 2.19. The molecular weight excluding hydrogens is 210 g/mol. The molecule has 0 atom stereocenters. The quantitative estimate of drug-likeness (QED) is 0.756. The molecule has 2 rings (SSSR count). The smallest absolute Gasteiger partial charge is 0.225 e. The van der Waals surface area contributed by atoms with Gasteiger partial charge in [-0.15, -0.1) is 5.10 Å². The van der Waals surface area contributed by atoms with Gasteiger partial charge in [-0.3, -0.25) is 4.57 Å². The molecule has 0 bridgehead atoms. The van der Waals surface area contributed by atoms with Crippen molar-refractivity contribution in [2.45, 2.75) is 13.5 Å². The van der Waals surface area contributed by atoms with Gasteiger partial charge < -0.3 is 9.80 Å². The maximum atomic E-state index is 5.17. The van der Waals surface area contributed by atoms with Gasteiger partial charge in [0.1, 0.15) is 0 Å². The minimum absolute atomic E-state index is 0.714. The van der Waals surface area contributed by atoms with E-state index in [1.54, 1.807) is 0 Å². The van der Waals surface area contributed by atoms with Crippen LogP contribution >= 0.6 is 12.2 Å². The van der Waals surface area contributed by atoms with Crippen molar-refractivity contribution >= 4 is 18.2 Å². The number of aromatic amines is 1. The second kappa shape index (κ2) is 4.32. The topological polar surface area (TPSA) is 40.1 Å². The maximum Gasteiger partial charge on any atom is 0.225 e. The SMILES string of the molecule is CCn1c(N2CCN(C)CC2)n[nH]c1=S. The van der Waals surface area contributed by atoms with Crippen molar-refractivity contribution < 1.29 is 0 Å². The van der Waals surface area contributed by atoms with Crippen molar-refractivity contribution in [1.29, 1.82) is 0 Å². The second-order valence-electron chi connectivity index (χ2n) is 3.86. The molecular formula is C9H17N5S. The monoisotopic (exact) mass is 227 g/mol. The van der Waals surface area contributed by atoms with Gasteiger partial charge >= 0.3 is 0 Å². The normalized spacial score (nSPS) is 18.4. The van der Waals surface area contributed by atoms with E-state index in [0.717, 1.165) is 38.7 Å². The van der Waals surface area contributed by atoms with Gasteiger partial charge in [0.2, 0.25) is 5.95 Å². The minimum atomic E-state index is 0.714. The number of piperazine rings is 1. The number of hydrogen-bond donors (Lipinski definition) is 1. The molecule has 0 aromatic carbocycles. The van der Waals surface area contributed by atoms with Crippen molar-refractivity contribution in [3.05, 3.63) is 4.77 Å². The van der Waals surface area contributed by atoms with E-state index < -0.39 is 0 Å². The van der Waals surface area contributed by atoms with E-state index in [4.69, 9.17) is 12.2 Å². The highest BCUT2D eigenvalue weighted by atomic mass is 32.1. The second-order valence-corrected chi connectivity index (χ2v) is 4.25. The fraction of sp³-hybridized carbons (Fsp3) is 0.778. The Bertz CT molecular complexity index is 374. The molecule has 84 valence electrons. The summed E-state index contributed by atoms with van der Waals surface area (Å²) in [4.78, 5) is 4.61. The molecule has 0 unspecified atom stereocenters. The van der Waals surface area contributed by atoms with Crippen molar-refractivity contribution in [3.8, 4) is 0 Å². The van der Waals surface area contributed by atoms with Crippen LogP contribution < -0.4 is 4.90 Å². The largest absolute Gasteiger partial charge is 0.338 e. The first-order chi connectivity index (χ1) is 7.22. The van der Waals surface area contributed by atoms with Gasteiger partial charge in [0, 0.05) is 32.7 Å². The summed E-state index contributed by atoms with van der Waals surface area (Å²) < 4.78 is 2.76. The van der Waals surface area contributed by atoms with Gasteiger partial charge in [-0.2, -0.15) is 0 Å². The van der Waals surface area contributed by atoms with Crippen LogP contribution in [0.3, 0.4) is 0 Å². The van der Waals surface area contributed by atoms with Crippen LogP contribution in [0.5, 0.6) is 0 Å². The van der Waals surface area contributed by atoms with Gasteiger partial charge in [-0.1, -0.05) is 0 Å². The predicted molar refractivity (Wildman–Crippen MR) is 62.8 cm³/mol. The molecule has 1 N–H and O–H groups in total. The van der Waals surface area contributed by atoms with E-state index in [0.29, 0.717) is 4.77 Å². The first-order valence-corrected chi connectivity index (χ1v) is 5.72. The molecule has 1 fully saturated rings. The number of H-pyrrole nitrogens is 1. The highest BCUT2D eigenvalue weighted by Crippen LogP contribution is 2.13. The predicted octanol–water partition coefficient (Wildman–Crippen LogP) is 0.712. The number of likely N-dealkylation sites (N-methyl/N-ethyl adjacent to an activating group) is 1. The number of nitrogens with zero attached hydrogens (tertiary/aromatic N) is 4. The van der Waals surface area contributed by atoms with Crippen LogP contribution in [0, 0.1) is 4.77 Å². The molecule has 15 heavy (non-hydrogen) atoms. The van der Waals surface area contributed by atoms with Gasteiger partial charge in [0.25, 0.3) is 0 Å². The van der Waals surface area contributed by atoms with Gasteiger partial charge in [-0.05, 0) is 26.2 Å². The van der Waals surface area contributed by atoms with Crippen molar-refractivity contribution in [3.63, 3.8) is 0 Å². The summed E-state index contributed by atoms with van der Waals surface area (Å²) in [5.74, 6) is 0.982. The molecule has 2 heterocycles. The van der Waals surface area contributed by atoms with E-state index in [1.165, 1.54) is 0 Å². The minimum Gasteiger partial charge on any atom is -0.338 e. The Morgan fingerprint density at radius 1 is 1.33 bits per heavy atom. The van der Waals surface area contributed by atoms with Crippen molar-refractivity contribution in [2.24, 2.45) is 0 Å². The van der Waals surface area contributed by atoms with Crippen LogP contribution in [-0.2, 0) is 6.54 Å². The van der Waals surface area contributed by atoms with Gasteiger partial charge in [-0.25, -0.2) is 5.10 Å². The molecule has 0 saturated carbocycles. The van der Waals surface area contributed by atoms with Gasteiger partial charge in [0.15, 0.2) is 4.77 Å². The molecule has 1 aliphatic rings. The summed E-state index contributed by atoms with van der Waals surface area (Å²) in [5, 5.41) is 7.15. The zero-order valence-corrected chi connectivity index (χ0v) is 10.0. The lowest BCUT2D eigenvalue weighted by atomic mass is 10.3. The molecule has 1 aromatic rings. The number of anilines is 1. The van der Waals surface area contributed by atoms with E-state index in [2.05, 4.69) is 34.0 Å². The number of nitrogens with one attached hydrogen (secondary N) is 1. The zero-order chi connectivity index (χ0) is 10.8. The first-order valence-electron chi connectivity index (χ1n) is 5.31. The van der Waals surface area contributed by atoms with Crippen LogP contribution in [0.15, 0.2) is 0 Å². The van der Waals surface area contributed by atoms with Crippen LogP contribution in [0.2, 0.25) is 0 Å². The van der Waals surface area contributed by atoms with Crippen LogP contribution in [0.4, 0.5) is 5.95 Å². The van der Waals surface area contributed by atoms with Crippen molar-refractivity contribution in [1.82, 2.24) is 19.7 Å². The molecule has 0 amide bonds. The summed E-state index contributed by atoms with van der Waals surface area (Å²) in [7, 11) is 2.15. The third-order valence-corrected chi connectivity index (χ3v) is 3.15. The Morgan fingerprint density at radius 2 is 2.00 bits per heavy atom. The average Bonchev–Trinajstić information content (AvgIpc) is 2.61. The number of hydrogen-bond acceptors (Lipinski definition) is 4. The summed E-state index contributed by atoms with van der Waals surface area (Å²) in [6.45, 7) is 7.18. The van der Waals surface area contributed by atoms with Crippen molar-refractivity contribution in [2.75, 3.05) is 38.1 Å². The van der Waals surface area contributed by atoms with Crippen LogP contribution in [-0.4, -0.2) is 52.9 Å². The Kier molecular flexibility index (Phi) is 3.06. The summed E-state index contributed by atoms with van der Waals surface area (Å²) in [6, 6.07) is 0. The Labute approximate surface area is 94.7 Å². The number of rotatable bonds is 2. The summed E-state index contributed by atoms with van der Waals surface area (Å²) >= 11 is 5.17. The molecule has 1 aromatic heterocycles. The lowest BCUT2D eigenvalue weighted by molar-refractivity contribution is 0.310. The fourth-order valence-electron chi connectivity index (χ4n) is 1.84. The molecule has 1 aliphatic heterocycles. The van der Waals surface area contributed by atoms with E-state index in [-0.39, 0.29) is 0 Å². The molecule has 6 heteroatoms. The van der Waals surface area contributed by atoms with E-state index >= 15 is 0 Å². The highest BCUT2D eigenvalue weighted by Gasteiger charge is 2.18. The molecule has 0 radical (unpaired) electrons. The summed E-state index contributed by atoms with van der Waals surface area (Å²) in [5.41, 5.74) is 0. The zero-order valence-electron chi connectivity index (χ0n) is 9.23. The molecule has 5 nitrogen and oxygen atoms in total. The van der Waals surface area contributed by atoms with E-state index in [9.17, 15) is 0 Å². The highest BCUT2D eigenvalue weighted by molar-refractivity contribution is 7.71. The molecule has 0 aliphatic carbocycles. The van der Waals surface area contributed by atoms with Crippen LogP contribution in [0.25, 0.3) is 0 Å². The maximum absolute atomic E-state index is 5.17. The third kappa shape index (κ3) is 2.05. The lowest BCUT2D eigenvalue weighted by Crippen LogP contribution is -2.45. The van der Waals surface area contributed by atoms with Gasteiger partial charge in [0.05, 0.1) is 0 Å². The molecule has 0 spiro atoms. The first kappa shape index (κ1) is 10.6. The third-order valence-electron chi connectivity index (χ3n) is 2.84. The summed E-state index contributed by atoms with van der Waals surface area (Å²) in [6.07, 6.45) is 0. The Morgan fingerprint density at radius 3 is 2.60 bits per heavy atom. The standard InChI is InChI=1S/C9H17N5S/c1-3-14-8(10-11-9(14)15)13-6-4-12(2)5-7-13/h3-7H2,1-2H3,(H,11,15). The number of aromatic nitrogens is 3.